The van der Waals surface area contributed by atoms with Crippen LogP contribution in [0.2, 0.25) is 0 Å². The average molecular weight is 415 g/mol. The molecule has 0 spiro atoms. The number of amides is 1. The summed E-state index contributed by atoms with van der Waals surface area (Å²) in [6.07, 6.45) is 3.89. The van der Waals surface area contributed by atoms with Gasteiger partial charge < -0.3 is 18.8 Å². The van der Waals surface area contributed by atoms with Gasteiger partial charge in [0.1, 0.15) is 18.0 Å². The first-order valence-electron chi connectivity index (χ1n) is 10.2. The van der Waals surface area contributed by atoms with Gasteiger partial charge in [0.15, 0.2) is 0 Å². The minimum Gasteiger partial charge on any atom is -0.487 e. The molecule has 2 aromatic carbocycles. The van der Waals surface area contributed by atoms with Crippen LogP contribution >= 0.6 is 0 Å². The number of carbonyl (C=O) groups is 1. The molecule has 0 radical (unpaired) electrons. The third-order valence-corrected chi connectivity index (χ3v) is 4.95. The number of aromatic nitrogens is 2. The van der Waals surface area contributed by atoms with Crippen molar-refractivity contribution in [3.05, 3.63) is 102 Å². The predicted molar refractivity (Wildman–Crippen MR) is 119 cm³/mol. The molecule has 0 unspecified atom stereocenters. The van der Waals surface area contributed by atoms with Gasteiger partial charge in [-0.05, 0) is 35.9 Å². The van der Waals surface area contributed by atoms with E-state index in [4.69, 9.17) is 9.47 Å². The molecule has 6 nitrogen and oxygen atoms in total. The summed E-state index contributed by atoms with van der Waals surface area (Å²) in [5, 5.41) is 0. The first-order valence-corrected chi connectivity index (χ1v) is 10.2. The van der Waals surface area contributed by atoms with E-state index in [1.807, 2.05) is 83.5 Å². The van der Waals surface area contributed by atoms with E-state index < -0.39 is 0 Å². The number of carbonyl (C=O) groups excluding carboxylic acids is 1. The van der Waals surface area contributed by atoms with Crippen molar-refractivity contribution in [3.63, 3.8) is 0 Å². The summed E-state index contributed by atoms with van der Waals surface area (Å²) in [4.78, 5) is 19.5. The number of hydrogen-bond donors (Lipinski definition) is 0. The van der Waals surface area contributed by atoms with Gasteiger partial charge in [-0.1, -0.05) is 42.5 Å². The smallest absolute Gasteiger partial charge is 0.254 e. The van der Waals surface area contributed by atoms with Crippen molar-refractivity contribution in [2.45, 2.75) is 13.2 Å². The molecule has 2 heterocycles. The maximum absolute atomic E-state index is 13.2. The van der Waals surface area contributed by atoms with Crippen molar-refractivity contribution in [2.24, 2.45) is 0 Å². The summed E-state index contributed by atoms with van der Waals surface area (Å²) < 4.78 is 13.1. The van der Waals surface area contributed by atoms with E-state index in [-0.39, 0.29) is 5.91 Å². The zero-order chi connectivity index (χ0) is 21.5. The Morgan fingerprint density at radius 2 is 1.87 bits per heavy atom. The van der Waals surface area contributed by atoms with Gasteiger partial charge in [0.05, 0.1) is 12.3 Å². The molecule has 4 aromatic rings. The van der Waals surface area contributed by atoms with Crippen LogP contribution in [0.25, 0.3) is 5.65 Å². The molecule has 0 saturated heterocycles. The van der Waals surface area contributed by atoms with E-state index >= 15 is 0 Å². The van der Waals surface area contributed by atoms with E-state index in [1.165, 1.54) is 0 Å². The molecular formula is C25H25N3O3. The Morgan fingerprint density at radius 1 is 1.03 bits per heavy atom. The second kappa shape index (κ2) is 9.91. The van der Waals surface area contributed by atoms with E-state index in [0.717, 1.165) is 16.9 Å². The van der Waals surface area contributed by atoms with Crippen LogP contribution in [0.1, 0.15) is 21.6 Å². The molecular weight excluding hydrogens is 390 g/mol. The highest BCUT2D eigenvalue weighted by atomic mass is 16.5. The first-order chi connectivity index (χ1) is 15.2. The third kappa shape index (κ3) is 5.29. The van der Waals surface area contributed by atoms with Crippen molar-refractivity contribution >= 4 is 11.6 Å². The lowest BCUT2D eigenvalue weighted by Crippen LogP contribution is -2.33. The number of hydrogen-bond acceptors (Lipinski definition) is 4. The molecule has 0 N–H and O–H groups in total. The molecule has 0 atom stereocenters. The lowest BCUT2D eigenvalue weighted by atomic mass is 10.1. The van der Waals surface area contributed by atoms with Crippen molar-refractivity contribution in [1.82, 2.24) is 14.3 Å². The van der Waals surface area contributed by atoms with Crippen LogP contribution in [0, 0.1) is 0 Å². The number of rotatable bonds is 9. The Hall–Kier alpha value is -3.64. The summed E-state index contributed by atoms with van der Waals surface area (Å²) in [6, 6.07) is 23.1. The quantitative estimate of drug-likeness (QED) is 0.411. The van der Waals surface area contributed by atoms with Gasteiger partial charge in [-0.15, -0.1) is 0 Å². The Bertz CT molecular complexity index is 1110. The van der Waals surface area contributed by atoms with Crippen molar-refractivity contribution in [1.29, 1.82) is 0 Å². The number of benzene rings is 2. The number of fused-ring (bicyclic) bond motifs is 1. The third-order valence-electron chi connectivity index (χ3n) is 4.95. The molecule has 0 aliphatic carbocycles. The second-order valence-corrected chi connectivity index (χ2v) is 7.22. The fourth-order valence-electron chi connectivity index (χ4n) is 3.37. The van der Waals surface area contributed by atoms with Crippen LogP contribution < -0.4 is 4.74 Å². The fourth-order valence-corrected chi connectivity index (χ4v) is 3.37. The number of imidazole rings is 1. The summed E-state index contributed by atoms with van der Waals surface area (Å²) in [7, 11) is 1.64. The van der Waals surface area contributed by atoms with Gasteiger partial charge in [-0.3, -0.25) is 4.79 Å². The van der Waals surface area contributed by atoms with E-state index in [9.17, 15) is 4.79 Å². The van der Waals surface area contributed by atoms with Gasteiger partial charge in [0, 0.05) is 38.2 Å². The molecule has 0 aliphatic heterocycles. The Morgan fingerprint density at radius 3 is 2.68 bits per heavy atom. The first kappa shape index (κ1) is 20.6. The van der Waals surface area contributed by atoms with E-state index in [0.29, 0.717) is 37.6 Å². The lowest BCUT2D eigenvalue weighted by molar-refractivity contribution is 0.0680. The van der Waals surface area contributed by atoms with Crippen molar-refractivity contribution in [2.75, 3.05) is 20.3 Å². The largest absolute Gasteiger partial charge is 0.487 e. The highest BCUT2D eigenvalue weighted by Crippen LogP contribution is 2.18. The molecule has 6 heteroatoms. The van der Waals surface area contributed by atoms with Crippen LogP contribution in [-0.4, -0.2) is 40.5 Å². The Balaban J connectivity index is 1.46. The topological polar surface area (TPSA) is 56.1 Å². The van der Waals surface area contributed by atoms with Crippen molar-refractivity contribution in [3.8, 4) is 5.75 Å². The average Bonchev–Trinajstić information content (AvgIpc) is 3.24. The molecule has 31 heavy (non-hydrogen) atoms. The second-order valence-electron chi connectivity index (χ2n) is 7.22. The fraction of sp³-hybridized carbons (Fsp3) is 0.200. The number of pyridine rings is 1. The molecule has 158 valence electrons. The van der Waals surface area contributed by atoms with Crippen LogP contribution in [0.4, 0.5) is 0 Å². The van der Waals surface area contributed by atoms with Gasteiger partial charge in [0.25, 0.3) is 5.91 Å². The summed E-state index contributed by atoms with van der Waals surface area (Å²) in [5.74, 6) is 0.577. The minimum absolute atomic E-state index is 0.0564. The van der Waals surface area contributed by atoms with Crippen LogP contribution in [-0.2, 0) is 17.9 Å². The van der Waals surface area contributed by atoms with Gasteiger partial charge in [0.2, 0.25) is 0 Å². The molecule has 4 rings (SSSR count). The monoisotopic (exact) mass is 415 g/mol. The summed E-state index contributed by atoms with van der Waals surface area (Å²) in [5.41, 5.74) is 3.36. The van der Waals surface area contributed by atoms with Crippen LogP contribution in [0.5, 0.6) is 5.75 Å². The highest BCUT2D eigenvalue weighted by molar-refractivity contribution is 5.94. The minimum atomic E-state index is -0.0564. The molecule has 0 bridgehead atoms. The molecule has 0 saturated carbocycles. The standard InChI is InChI=1S/C25H25N3O3/c1-30-15-14-28(17-20-8-3-2-4-9-20)25(29)21-10-7-11-23(16-21)31-19-22-18-27-13-6-5-12-24(27)26-22/h2-13,16,18H,14-15,17,19H2,1H3. The molecule has 0 fully saturated rings. The molecule has 1 amide bonds. The van der Waals surface area contributed by atoms with Gasteiger partial charge in [-0.2, -0.15) is 0 Å². The maximum Gasteiger partial charge on any atom is 0.254 e. The number of ether oxygens (including phenoxy) is 2. The predicted octanol–water partition coefficient (Wildman–Crippen LogP) is 4.20. The zero-order valence-electron chi connectivity index (χ0n) is 17.5. The number of methoxy groups -OCH3 is 1. The van der Waals surface area contributed by atoms with E-state index in [1.54, 1.807) is 18.1 Å². The maximum atomic E-state index is 13.2. The lowest BCUT2D eigenvalue weighted by Gasteiger charge is -2.23. The van der Waals surface area contributed by atoms with Gasteiger partial charge in [-0.25, -0.2) is 4.98 Å². The number of nitrogens with zero attached hydrogens (tertiary/aromatic N) is 3. The molecule has 2 aromatic heterocycles. The normalized spacial score (nSPS) is 10.9. The zero-order valence-corrected chi connectivity index (χ0v) is 17.5. The van der Waals surface area contributed by atoms with Gasteiger partial charge >= 0.3 is 0 Å². The Labute approximate surface area is 181 Å². The summed E-state index contributed by atoms with van der Waals surface area (Å²) >= 11 is 0. The van der Waals surface area contributed by atoms with Crippen LogP contribution in [0.3, 0.4) is 0 Å². The molecule has 0 aliphatic rings. The van der Waals surface area contributed by atoms with E-state index in [2.05, 4.69) is 4.98 Å². The summed E-state index contributed by atoms with van der Waals surface area (Å²) in [6.45, 7) is 1.84. The Kier molecular flexibility index (Phi) is 6.59. The van der Waals surface area contributed by atoms with Crippen molar-refractivity contribution < 1.29 is 14.3 Å². The highest BCUT2D eigenvalue weighted by Gasteiger charge is 2.17. The van der Waals surface area contributed by atoms with Crippen LogP contribution in [0.15, 0.2) is 85.2 Å². The SMILES string of the molecule is COCCN(Cc1ccccc1)C(=O)c1cccc(OCc2cn3ccccc3n2)c1.